The van der Waals surface area contributed by atoms with Gasteiger partial charge in [-0.1, -0.05) is 27.7 Å². The molecule has 0 spiro atoms. The Morgan fingerprint density at radius 2 is 1.68 bits per heavy atom. The van der Waals surface area contributed by atoms with Gasteiger partial charge >= 0.3 is 0 Å². The number of rotatable bonds is 7. The SMILES string of the molecule is COc1ccc(Br)c(NC(CC(C)C)CC(C)C)c1. The Morgan fingerprint density at radius 1 is 1.11 bits per heavy atom. The zero-order valence-corrected chi connectivity index (χ0v) is 14.3. The predicted octanol–water partition coefficient (Wildman–Crippen LogP) is 5.33. The van der Waals surface area contributed by atoms with Crippen LogP contribution in [0.5, 0.6) is 5.75 Å². The van der Waals surface area contributed by atoms with Gasteiger partial charge in [-0.25, -0.2) is 0 Å². The van der Waals surface area contributed by atoms with E-state index >= 15 is 0 Å². The zero-order valence-electron chi connectivity index (χ0n) is 12.7. The molecule has 1 N–H and O–H groups in total. The number of hydrogen-bond donors (Lipinski definition) is 1. The summed E-state index contributed by atoms with van der Waals surface area (Å²) in [5, 5.41) is 3.66. The van der Waals surface area contributed by atoms with E-state index in [4.69, 9.17) is 4.74 Å². The average molecular weight is 328 g/mol. The summed E-state index contributed by atoms with van der Waals surface area (Å²) in [4.78, 5) is 0. The standard InChI is InChI=1S/C16H26BrNO/c1-11(2)8-13(9-12(3)4)18-16-10-14(19-5)6-7-15(16)17/h6-7,10-13,18H,8-9H2,1-5H3. The van der Waals surface area contributed by atoms with Crippen molar-refractivity contribution in [3.63, 3.8) is 0 Å². The van der Waals surface area contributed by atoms with Crippen molar-refractivity contribution in [2.24, 2.45) is 11.8 Å². The van der Waals surface area contributed by atoms with Crippen molar-refractivity contribution in [2.75, 3.05) is 12.4 Å². The number of hydrogen-bond acceptors (Lipinski definition) is 2. The first-order chi connectivity index (χ1) is 8.92. The Labute approximate surface area is 126 Å². The van der Waals surface area contributed by atoms with Gasteiger partial charge in [0.05, 0.1) is 12.8 Å². The highest BCUT2D eigenvalue weighted by Crippen LogP contribution is 2.29. The van der Waals surface area contributed by atoms with Gasteiger partial charge < -0.3 is 10.1 Å². The summed E-state index contributed by atoms with van der Waals surface area (Å²) in [5.74, 6) is 2.28. The molecule has 0 atom stereocenters. The van der Waals surface area contributed by atoms with Crippen LogP contribution in [0.25, 0.3) is 0 Å². The van der Waals surface area contributed by atoms with E-state index in [0.717, 1.165) is 15.9 Å². The maximum Gasteiger partial charge on any atom is 0.121 e. The molecule has 108 valence electrons. The van der Waals surface area contributed by atoms with Crippen molar-refractivity contribution in [3.8, 4) is 5.75 Å². The van der Waals surface area contributed by atoms with E-state index in [-0.39, 0.29) is 0 Å². The van der Waals surface area contributed by atoms with Gasteiger partial charge in [0.1, 0.15) is 5.75 Å². The first-order valence-electron chi connectivity index (χ1n) is 7.02. The van der Waals surface area contributed by atoms with Crippen molar-refractivity contribution >= 4 is 21.6 Å². The molecule has 0 aliphatic rings. The third kappa shape index (κ3) is 5.85. The molecule has 0 radical (unpaired) electrons. The number of anilines is 1. The molecule has 1 aromatic rings. The van der Waals surface area contributed by atoms with Crippen LogP contribution in [0.2, 0.25) is 0 Å². The van der Waals surface area contributed by atoms with Crippen LogP contribution in [0.1, 0.15) is 40.5 Å². The second kappa shape index (κ2) is 7.78. The van der Waals surface area contributed by atoms with Crippen molar-refractivity contribution in [3.05, 3.63) is 22.7 Å². The second-order valence-corrected chi connectivity index (χ2v) is 6.80. The molecular formula is C16H26BrNO. The van der Waals surface area contributed by atoms with Gasteiger partial charge in [0.25, 0.3) is 0 Å². The maximum absolute atomic E-state index is 5.29. The van der Waals surface area contributed by atoms with E-state index in [1.54, 1.807) is 7.11 Å². The van der Waals surface area contributed by atoms with Crippen LogP contribution in [0.3, 0.4) is 0 Å². The summed E-state index contributed by atoms with van der Waals surface area (Å²) in [6.45, 7) is 9.09. The molecule has 0 heterocycles. The summed E-state index contributed by atoms with van der Waals surface area (Å²) >= 11 is 3.60. The topological polar surface area (TPSA) is 21.3 Å². The molecule has 1 aromatic carbocycles. The highest BCUT2D eigenvalue weighted by atomic mass is 79.9. The Hall–Kier alpha value is -0.700. The van der Waals surface area contributed by atoms with Gasteiger partial charge in [-0.3, -0.25) is 0 Å². The van der Waals surface area contributed by atoms with Crippen LogP contribution < -0.4 is 10.1 Å². The smallest absolute Gasteiger partial charge is 0.121 e. The van der Waals surface area contributed by atoms with Gasteiger partial charge in [-0.2, -0.15) is 0 Å². The molecule has 19 heavy (non-hydrogen) atoms. The zero-order chi connectivity index (χ0) is 14.4. The third-order valence-electron chi connectivity index (χ3n) is 3.04. The third-order valence-corrected chi connectivity index (χ3v) is 3.74. The minimum Gasteiger partial charge on any atom is -0.497 e. The Kier molecular flexibility index (Phi) is 6.70. The van der Waals surface area contributed by atoms with Gasteiger partial charge in [-0.05, 0) is 52.7 Å². The van der Waals surface area contributed by atoms with Crippen LogP contribution in [0.15, 0.2) is 22.7 Å². The monoisotopic (exact) mass is 327 g/mol. The van der Waals surface area contributed by atoms with Crippen molar-refractivity contribution in [2.45, 2.75) is 46.6 Å². The fourth-order valence-electron chi connectivity index (χ4n) is 2.31. The first kappa shape index (κ1) is 16.4. The van der Waals surface area contributed by atoms with Crippen LogP contribution in [0, 0.1) is 11.8 Å². The Bertz CT molecular complexity index is 380. The molecular weight excluding hydrogens is 302 g/mol. The summed E-state index contributed by atoms with van der Waals surface area (Å²) in [5.41, 5.74) is 1.12. The maximum atomic E-state index is 5.29. The summed E-state index contributed by atoms with van der Waals surface area (Å²) < 4.78 is 6.38. The highest BCUT2D eigenvalue weighted by Gasteiger charge is 2.14. The molecule has 2 nitrogen and oxygen atoms in total. The van der Waals surface area contributed by atoms with Crippen LogP contribution in [-0.4, -0.2) is 13.2 Å². The Morgan fingerprint density at radius 3 is 2.16 bits per heavy atom. The molecule has 0 aromatic heterocycles. The molecule has 0 fully saturated rings. The fraction of sp³-hybridized carbons (Fsp3) is 0.625. The highest BCUT2D eigenvalue weighted by molar-refractivity contribution is 9.10. The molecule has 3 heteroatoms. The van der Waals surface area contributed by atoms with E-state index in [1.165, 1.54) is 12.8 Å². The first-order valence-corrected chi connectivity index (χ1v) is 7.81. The van der Waals surface area contributed by atoms with E-state index in [0.29, 0.717) is 17.9 Å². The second-order valence-electron chi connectivity index (χ2n) is 5.95. The number of methoxy groups -OCH3 is 1. The summed E-state index contributed by atoms with van der Waals surface area (Å²) in [7, 11) is 1.70. The minimum absolute atomic E-state index is 0.503. The minimum atomic E-state index is 0.503. The van der Waals surface area contributed by atoms with Gasteiger partial charge in [0, 0.05) is 16.6 Å². The fourth-order valence-corrected chi connectivity index (χ4v) is 2.68. The summed E-state index contributed by atoms with van der Waals surface area (Å²) in [6.07, 6.45) is 2.36. The van der Waals surface area contributed by atoms with Gasteiger partial charge in [-0.15, -0.1) is 0 Å². The number of halogens is 1. The van der Waals surface area contributed by atoms with E-state index in [2.05, 4.69) is 55.0 Å². The number of benzene rings is 1. The largest absolute Gasteiger partial charge is 0.497 e. The van der Waals surface area contributed by atoms with Crippen LogP contribution in [0.4, 0.5) is 5.69 Å². The predicted molar refractivity (Wildman–Crippen MR) is 87.0 cm³/mol. The summed E-state index contributed by atoms with van der Waals surface area (Å²) in [6, 6.07) is 6.55. The normalized spacial score (nSPS) is 11.4. The molecule has 0 saturated heterocycles. The molecule has 0 saturated carbocycles. The van der Waals surface area contributed by atoms with E-state index in [1.807, 2.05) is 12.1 Å². The number of ether oxygens (including phenoxy) is 1. The lowest BCUT2D eigenvalue weighted by molar-refractivity contribution is 0.414. The quantitative estimate of drug-likeness (QED) is 0.730. The van der Waals surface area contributed by atoms with Gasteiger partial charge in [0.2, 0.25) is 0 Å². The lowest BCUT2D eigenvalue weighted by Crippen LogP contribution is -2.23. The lowest BCUT2D eigenvalue weighted by Gasteiger charge is -2.24. The molecule has 0 amide bonds. The Balaban J connectivity index is 2.82. The van der Waals surface area contributed by atoms with Crippen LogP contribution in [-0.2, 0) is 0 Å². The van der Waals surface area contributed by atoms with Gasteiger partial charge in [0.15, 0.2) is 0 Å². The molecule has 0 aliphatic heterocycles. The molecule has 0 aliphatic carbocycles. The van der Waals surface area contributed by atoms with Crippen molar-refractivity contribution in [1.29, 1.82) is 0 Å². The van der Waals surface area contributed by atoms with Crippen molar-refractivity contribution < 1.29 is 4.74 Å². The average Bonchev–Trinajstić information content (AvgIpc) is 2.30. The molecule has 0 unspecified atom stereocenters. The molecule has 1 rings (SSSR count). The van der Waals surface area contributed by atoms with Crippen molar-refractivity contribution in [1.82, 2.24) is 0 Å². The van der Waals surface area contributed by atoms with Crippen LogP contribution >= 0.6 is 15.9 Å². The lowest BCUT2D eigenvalue weighted by atomic mass is 9.95. The van der Waals surface area contributed by atoms with E-state index in [9.17, 15) is 0 Å². The molecule has 0 bridgehead atoms. The number of nitrogens with one attached hydrogen (secondary N) is 1. The van der Waals surface area contributed by atoms with E-state index < -0.39 is 0 Å².